The first-order valence-electron chi connectivity index (χ1n) is 8.74. The lowest BCUT2D eigenvalue weighted by atomic mass is 9.93. The van der Waals surface area contributed by atoms with Gasteiger partial charge in [0, 0.05) is 23.4 Å². The molecule has 1 atom stereocenters. The number of aromatic hydroxyl groups is 1. The lowest BCUT2D eigenvalue weighted by molar-refractivity contribution is -0.143. The summed E-state index contributed by atoms with van der Waals surface area (Å²) in [7, 11) is 1.19. The van der Waals surface area contributed by atoms with Crippen molar-refractivity contribution in [1.82, 2.24) is 0 Å². The average Bonchev–Trinajstić information content (AvgIpc) is 2.68. The van der Waals surface area contributed by atoms with Crippen LogP contribution in [0.15, 0.2) is 36.4 Å². The predicted octanol–water partition coefficient (Wildman–Crippen LogP) is 3.13. The number of ketones is 3. The fourth-order valence-corrected chi connectivity index (χ4v) is 3.22. The van der Waals surface area contributed by atoms with Gasteiger partial charge in [-0.25, -0.2) is 0 Å². The van der Waals surface area contributed by atoms with E-state index in [4.69, 9.17) is 16.3 Å². The van der Waals surface area contributed by atoms with Crippen LogP contribution in [0.2, 0.25) is 5.02 Å². The van der Waals surface area contributed by atoms with Crippen molar-refractivity contribution >= 4 is 34.9 Å². The third-order valence-electron chi connectivity index (χ3n) is 4.48. The summed E-state index contributed by atoms with van der Waals surface area (Å²) >= 11 is 5.89. The number of carbonyl (C=O) groups excluding carboxylic acids is 4. The predicted molar refractivity (Wildman–Crippen MR) is 103 cm³/mol. The monoisotopic (exact) mass is 416 g/mol. The first-order chi connectivity index (χ1) is 13.8. The van der Waals surface area contributed by atoms with Crippen molar-refractivity contribution in [2.24, 2.45) is 0 Å². The summed E-state index contributed by atoms with van der Waals surface area (Å²) in [4.78, 5) is 48.3. The highest BCUT2D eigenvalue weighted by atomic mass is 35.5. The Hall–Kier alpha value is -3.19. The minimum absolute atomic E-state index is 0.0212. The smallest absolute Gasteiger partial charge is 0.313 e. The van der Waals surface area contributed by atoms with Gasteiger partial charge in [-0.15, -0.1) is 0 Å². The molecule has 1 unspecified atom stereocenters. The Morgan fingerprint density at radius 3 is 2.69 bits per heavy atom. The van der Waals surface area contributed by atoms with Crippen molar-refractivity contribution in [2.45, 2.75) is 25.4 Å². The number of ether oxygens (including phenoxy) is 2. The van der Waals surface area contributed by atoms with E-state index in [9.17, 15) is 24.3 Å². The minimum Gasteiger partial charge on any atom is -0.507 e. The average molecular weight is 417 g/mol. The number of methoxy groups -OCH3 is 1. The highest BCUT2D eigenvalue weighted by Gasteiger charge is 2.29. The summed E-state index contributed by atoms with van der Waals surface area (Å²) in [6.07, 6.45) is -1.23. The van der Waals surface area contributed by atoms with Crippen molar-refractivity contribution in [3.8, 4) is 11.5 Å². The lowest BCUT2D eigenvalue weighted by Gasteiger charge is -2.25. The van der Waals surface area contributed by atoms with Crippen LogP contribution in [-0.2, 0) is 14.3 Å². The molecule has 0 amide bonds. The summed E-state index contributed by atoms with van der Waals surface area (Å²) in [5.41, 5.74) is 0.431. The summed E-state index contributed by atoms with van der Waals surface area (Å²) in [5.74, 6) is -1.78. The molecule has 1 heterocycles. The van der Waals surface area contributed by atoms with Crippen LogP contribution in [-0.4, -0.2) is 41.6 Å². The molecule has 150 valence electrons. The molecule has 0 aliphatic carbocycles. The summed E-state index contributed by atoms with van der Waals surface area (Å²) in [6.45, 7) is 0. The Kier molecular flexibility index (Phi) is 5.98. The zero-order valence-electron chi connectivity index (χ0n) is 15.4. The standard InChI is InChI=1S/C21H17ClO7/c1-28-20(26)9-13(23)8-14-10-18(25)15-6-11(2-5-19(15)29-14)21(27)16-7-12(22)3-4-17(16)24/h2-7,14,24H,8-10H2,1H3. The number of phenols is 1. The second kappa shape index (κ2) is 8.45. The Morgan fingerprint density at radius 2 is 1.97 bits per heavy atom. The van der Waals surface area contributed by atoms with Crippen molar-refractivity contribution in [3.05, 3.63) is 58.1 Å². The molecule has 0 saturated heterocycles. The van der Waals surface area contributed by atoms with Gasteiger partial charge in [-0.2, -0.15) is 0 Å². The van der Waals surface area contributed by atoms with Crippen LogP contribution in [0.5, 0.6) is 11.5 Å². The third-order valence-corrected chi connectivity index (χ3v) is 4.71. The van der Waals surface area contributed by atoms with Gasteiger partial charge in [0.1, 0.15) is 29.8 Å². The van der Waals surface area contributed by atoms with Crippen molar-refractivity contribution in [3.63, 3.8) is 0 Å². The SMILES string of the molecule is COC(=O)CC(=O)CC1CC(=O)c2cc(C(=O)c3cc(Cl)ccc3O)ccc2O1. The van der Waals surface area contributed by atoms with Gasteiger partial charge in [0.2, 0.25) is 0 Å². The topological polar surface area (TPSA) is 107 Å². The van der Waals surface area contributed by atoms with Gasteiger partial charge in [0.25, 0.3) is 0 Å². The Balaban J connectivity index is 1.79. The molecule has 0 bridgehead atoms. The first-order valence-corrected chi connectivity index (χ1v) is 9.12. The van der Waals surface area contributed by atoms with Crippen molar-refractivity contribution < 1.29 is 33.8 Å². The van der Waals surface area contributed by atoms with E-state index in [2.05, 4.69) is 4.74 Å². The maximum Gasteiger partial charge on any atom is 0.313 e. The highest BCUT2D eigenvalue weighted by Crippen LogP contribution is 2.32. The molecule has 0 fully saturated rings. The van der Waals surface area contributed by atoms with Crippen LogP contribution >= 0.6 is 11.6 Å². The molecule has 1 aliphatic heterocycles. The Morgan fingerprint density at radius 1 is 1.21 bits per heavy atom. The van der Waals surface area contributed by atoms with Crippen LogP contribution in [0.3, 0.4) is 0 Å². The van der Waals surface area contributed by atoms with E-state index in [-0.39, 0.29) is 59.0 Å². The molecule has 2 aromatic carbocycles. The zero-order valence-corrected chi connectivity index (χ0v) is 16.2. The van der Waals surface area contributed by atoms with E-state index in [1.807, 2.05) is 0 Å². The number of Topliss-reactive ketones (excluding diaryl/α,β-unsaturated/α-hetero) is 2. The highest BCUT2D eigenvalue weighted by molar-refractivity contribution is 6.31. The van der Waals surface area contributed by atoms with Gasteiger partial charge >= 0.3 is 5.97 Å². The number of benzene rings is 2. The molecular weight excluding hydrogens is 400 g/mol. The van der Waals surface area contributed by atoms with Crippen LogP contribution in [0.1, 0.15) is 45.5 Å². The van der Waals surface area contributed by atoms with Gasteiger partial charge in [-0.3, -0.25) is 19.2 Å². The quantitative estimate of drug-likeness (QED) is 0.438. The number of rotatable bonds is 6. The van der Waals surface area contributed by atoms with Crippen molar-refractivity contribution in [2.75, 3.05) is 7.11 Å². The van der Waals surface area contributed by atoms with E-state index >= 15 is 0 Å². The molecule has 8 heteroatoms. The molecule has 3 rings (SSSR count). The lowest BCUT2D eigenvalue weighted by Crippen LogP contribution is -2.30. The fraction of sp³-hybridized carbons (Fsp3) is 0.238. The maximum absolute atomic E-state index is 12.7. The first kappa shape index (κ1) is 20.5. The second-order valence-electron chi connectivity index (χ2n) is 6.56. The molecule has 0 radical (unpaired) electrons. The van der Waals surface area contributed by atoms with Crippen LogP contribution in [0, 0.1) is 0 Å². The van der Waals surface area contributed by atoms with Crippen molar-refractivity contribution in [1.29, 1.82) is 0 Å². The Labute approximate surface area is 171 Å². The second-order valence-corrected chi connectivity index (χ2v) is 7.00. The summed E-state index contributed by atoms with van der Waals surface area (Å²) in [6, 6.07) is 8.46. The number of carbonyl (C=O) groups is 4. The van der Waals surface area contributed by atoms with E-state index in [0.29, 0.717) is 5.02 Å². The molecule has 2 aromatic rings. The molecular formula is C21H17ClO7. The third kappa shape index (κ3) is 4.63. The number of phenolic OH excluding ortho intramolecular Hbond substituents is 1. The van der Waals surface area contributed by atoms with E-state index in [0.717, 1.165) is 0 Å². The van der Waals surface area contributed by atoms with E-state index in [1.165, 1.54) is 43.5 Å². The normalized spacial score (nSPS) is 15.2. The van der Waals surface area contributed by atoms with E-state index in [1.54, 1.807) is 0 Å². The minimum atomic E-state index is -0.689. The molecule has 29 heavy (non-hydrogen) atoms. The Bertz CT molecular complexity index is 1010. The number of esters is 1. The number of hydrogen-bond acceptors (Lipinski definition) is 7. The van der Waals surface area contributed by atoms with E-state index < -0.39 is 17.9 Å². The molecule has 1 N–H and O–H groups in total. The van der Waals surface area contributed by atoms with Crippen LogP contribution < -0.4 is 4.74 Å². The molecule has 1 aliphatic rings. The van der Waals surface area contributed by atoms with Gasteiger partial charge in [0.05, 0.1) is 18.2 Å². The van der Waals surface area contributed by atoms with Gasteiger partial charge in [0.15, 0.2) is 11.6 Å². The van der Waals surface area contributed by atoms with Gasteiger partial charge in [-0.1, -0.05) is 11.6 Å². The summed E-state index contributed by atoms with van der Waals surface area (Å²) in [5, 5.41) is 10.2. The fourth-order valence-electron chi connectivity index (χ4n) is 3.05. The molecule has 0 spiro atoms. The van der Waals surface area contributed by atoms with Gasteiger partial charge in [-0.05, 0) is 36.4 Å². The van der Waals surface area contributed by atoms with Crippen LogP contribution in [0.4, 0.5) is 0 Å². The number of halogens is 1. The molecule has 7 nitrogen and oxygen atoms in total. The molecule has 0 aromatic heterocycles. The number of fused-ring (bicyclic) bond motifs is 1. The maximum atomic E-state index is 12.7. The van der Waals surface area contributed by atoms with Crippen LogP contribution in [0.25, 0.3) is 0 Å². The largest absolute Gasteiger partial charge is 0.507 e. The number of hydrogen-bond donors (Lipinski definition) is 1. The zero-order chi connectivity index (χ0) is 21.1. The van der Waals surface area contributed by atoms with Gasteiger partial charge < -0.3 is 14.6 Å². The summed E-state index contributed by atoms with van der Waals surface area (Å²) < 4.78 is 10.1. The molecule has 0 saturated carbocycles.